The van der Waals surface area contributed by atoms with Gasteiger partial charge in [0.2, 0.25) is 10.0 Å². The average Bonchev–Trinajstić information content (AvgIpc) is 2.43. The summed E-state index contributed by atoms with van der Waals surface area (Å²) in [5.41, 5.74) is -0.320. The maximum atomic E-state index is 12.0. The van der Waals surface area contributed by atoms with Crippen LogP contribution >= 0.6 is 0 Å². The monoisotopic (exact) mass is 332 g/mol. The number of carbonyl (C=O) groups is 2. The molecule has 0 saturated heterocycles. The molecule has 0 aliphatic rings. The van der Waals surface area contributed by atoms with E-state index in [4.69, 9.17) is 10.2 Å². The minimum Gasteiger partial charge on any atom is -0.481 e. The number of benzene rings is 1. The van der Waals surface area contributed by atoms with Gasteiger partial charge in [0.15, 0.2) is 0 Å². The van der Waals surface area contributed by atoms with Crippen molar-refractivity contribution in [3.8, 4) is 0 Å². The van der Waals surface area contributed by atoms with Crippen LogP contribution < -0.4 is 4.72 Å². The van der Waals surface area contributed by atoms with E-state index in [1.54, 1.807) is 0 Å². The van der Waals surface area contributed by atoms with Crippen LogP contribution in [0.15, 0.2) is 29.2 Å². The van der Waals surface area contributed by atoms with Gasteiger partial charge < -0.3 is 10.2 Å². The quantitative estimate of drug-likeness (QED) is 0.448. The number of non-ortho nitro benzene ring substituents is 1. The highest BCUT2D eigenvalue weighted by Gasteiger charge is 2.26. The third-order valence-corrected chi connectivity index (χ3v) is 4.09. The van der Waals surface area contributed by atoms with Crippen LogP contribution in [-0.2, 0) is 19.6 Å². The zero-order valence-corrected chi connectivity index (χ0v) is 11.8. The molecule has 1 aromatic rings. The van der Waals surface area contributed by atoms with E-state index < -0.39 is 45.8 Å². The molecule has 1 atom stereocenters. The van der Waals surface area contributed by atoms with E-state index in [2.05, 4.69) is 0 Å². The molecule has 0 spiro atoms. The minimum absolute atomic E-state index is 0.320. The van der Waals surface area contributed by atoms with Gasteiger partial charge in [0, 0.05) is 18.6 Å². The van der Waals surface area contributed by atoms with E-state index >= 15 is 0 Å². The zero-order valence-electron chi connectivity index (χ0n) is 11.0. The molecule has 0 saturated carbocycles. The zero-order chi connectivity index (χ0) is 16.9. The van der Waals surface area contributed by atoms with Gasteiger partial charge in [0.1, 0.15) is 6.04 Å². The van der Waals surface area contributed by atoms with E-state index in [9.17, 15) is 28.1 Å². The first-order chi connectivity index (χ1) is 10.1. The molecular weight excluding hydrogens is 320 g/mol. The number of sulfonamides is 1. The molecule has 1 aromatic carbocycles. The van der Waals surface area contributed by atoms with Gasteiger partial charge in [0.25, 0.3) is 5.69 Å². The summed E-state index contributed by atoms with van der Waals surface area (Å²) < 4.78 is 25.8. The van der Waals surface area contributed by atoms with Crippen molar-refractivity contribution >= 4 is 27.6 Å². The Hall–Kier alpha value is -2.53. The molecule has 1 rings (SSSR count). The number of carboxylic acid groups (broad SMARTS) is 2. The lowest BCUT2D eigenvalue weighted by Gasteiger charge is -2.13. The fraction of sp³-hybridized carbons (Fsp3) is 0.273. The van der Waals surface area contributed by atoms with Crippen molar-refractivity contribution in [2.24, 2.45) is 0 Å². The molecule has 22 heavy (non-hydrogen) atoms. The minimum atomic E-state index is -4.24. The summed E-state index contributed by atoms with van der Waals surface area (Å²) in [4.78, 5) is 30.8. The van der Waals surface area contributed by atoms with Crippen LogP contribution in [0, 0.1) is 10.1 Å². The topological polar surface area (TPSA) is 164 Å². The normalized spacial score (nSPS) is 12.5. The Morgan fingerprint density at radius 2 is 1.77 bits per heavy atom. The van der Waals surface area contributed by atoms with Crippen LogP contribution in [-0.4, -0.2) is 41.5 Å². The van der Waals surface area contributed by atoms with E-state index in [1.807, 2.05) is 4.72 Å². The second-order valence-corrected chi connectivity index (χ2v) is 5.91. The Morgan fingerprint density at radius 3 is 2.18 bits per heavy atom. The SMILES string of the molecule is O=C(O)CCC(NS(=O)(=O)c1ccc([N+](=O)[O-])cc1)C(=O)O. The van der Waals surface area contributed by atoms with E-state index in [-0.39, 0.29) is 10.6 Å². The van der Waals surface area contributed by atoms with Gasteiger partial charge in [-0.15, -0.1) is 0 Å². The van der Waals surface area contributed by atoms with E-state index in [0.717, 1.165) is 24.3 Å². The molecular formula is C11H12N2O8S. The lowest BCUT2D eigenvalue weighted by atomic mass is 10.2. The summed E-state index contributed by atoms with van der Waals surface area (Å²) in [6, 6.07) is 2.22. The summed E-state index contributed by atoms with van der Waals surface area (Å²) >= 11 is 0. The number of nitrogens with one attached hydrogen (secondary N) is 1. The van der Waals surface area contributed by atoms with Gasteiger partial charge in [0.05, 0.1) is 9.82 Å². The van der Waals surface area contributed by atoms with E-state index in [1.165, 1.54) is 0 Å². The number of nitrogens with zero attached hydrogens (tertiary/aromatic N) is 1. The molecule has 11 heteroatoms. The number of rotatable bonds is 8. The Balaban J connectivity index is 2.94. The molecule has 1 unspecified atom stereocenters. The largest absolute Gasteiger partial charge is 0.481 e. The first-order valence-corrected chi connectivity index (χ1v) is 7.33. The summed E-state index contributed by atoms with van der Waals surface area (Å²) in [6.45, 7) is 0. The Morgan fingerprint density at radius 1 is 1.23 bits per heavy atom. The number of carboxylic acids is 2. The van der Waals surface area contributed by atoms with Crippen LogP contribution in [0.3, 0.4) is 0 Å². The first kappa shape index (κ1) is 17.5. The standard InChI is InChI=1S/C11H12N2O8S/c14-10(15)6-5-9(11(16)17)12-22(20,21)8-3-1-7(2-4-8)13(18)19/h1-4,9,12H,5-6H2,(H,14,15)(H,16,17). The number of nitro benzene ring substituents is 1. The maximum absolute atomic E-state index is 12.0. The first-order valence-electron chi connectivity index (χ1n) is 5.85. The average molecular weight is 332 g/mol. The fourth-order valence-electron chi connectivity index (χ4n) is 1.50. The van der Waals surface area contributed by atoms with Crippen LogP contribution in [0.25, 0.3) is 0 Å². The lowest BCUT2D eigenvalue weighted by molar-refractivity contribution is -0.384. The van der Waals surface area contributed by atoms with Gasteiger partial charge in [-0.25, -0.2) is 8.42 Å². The predicted molar refractivity (Wildman–Crippen MR) is 71.7 cm³/mol. The molecule has 0 amide bonds. The molecule has 0 aliphatic heterocycles. The van der Waals surface area contributed by atoms with Crippen molar-refractivity contribution in [2.75, 3.05) is 0 Å². The van der Waals surface area contributed by atoms with Crippen molar-refractivity contribution < 1.29 is 33.1 Å². The number of aliphatic carboxylic acids is 2. The highest BCUT2D eigenvalue weighted by atomic mass is 32.2. The summed E-state index contributed by atoms with van der Waals surface area (Å²) in [5.74, 6) is -2.78. The summed E-state index contributed by atoms with van der Waals surface area (Å²) in [6.07, 6.45) is -0.962. The van der Waals surface area contributed by atoms with Crippen molar-refractivity contribution in [2.45, 2.75) is 23.8 Å². The van der Waals surface area contributed by atoms with Crippen molar-refractivity contribution in [3.63, 3.8) is 0 Å². The Bertz CT molecular complexity index is 683. The Labute approximate surface area is 124 Å². The van der Waals surface area contributed by atoms with Crippen molar-refractivity contribution in [3.05, 3.63) is 34.4 Å². The molecule has 10 nitrogen and oxygen atoms in total. The second kappa shape index (κ2) is 6.95. The van der Waals surface area contributed by atoms with Gasteiger partial charge >= 0.3 is 11.9 Å². The number of hydrogen-bond acceptors (Lipinski definition) is 6. The van der Waals surface area contributed by atoms with Gasteiger partial charge in [-0.2, -0.15) is 4.72 Å². The number of nitro groups is 1. The third kappa shape index (κ3) is 4.79. The molecule has 120 valence electrons. The predicted octanol–water partition coefficient (Wildman–Crippen LogP) is 0.191. The molecule has 0 aliphatic carbocycles. The third-order valence-electron chi connectivity index (χ3n) is 2.60. The smallest absolute Gasteiger partial charge is 0.321 e. The maximum Gasteiger partial charge on any atom is 0.321 e. The van der Waals surface area contributed by atoms with Crippen LogP contribution in [0.1, 0.15) is 12.8 Å². The molecule has 0 heterocycles. The van der Waals surface area contributed by atoms with E-state index in [0.29, 0.717) is 0 Å². The Kier molecular flexibility index (Phi) is 5.54. The lowest BCUT2D eigenvalue weighted by Crippen LogP contribution is -2.41. The number of hydrogen-bond donors (Lipinski definition) is 3. The molecule has 0 fully saturated rings. The summed E-state index contributed by atoms with van der Waals surface area (Å²) in [7, 11) is -4.24. The van der Waals surface area contributed by atoms with Crippen molar-refractivity contribution in [1.29, 1.82) is 0 Å². The molecule has 0 aromatic heterocycles. The van der Waals surface area contributed by atoms with Crippen molar-refractivity contribution in [1.82, 2.24) is 4.72 Å². The summed E-state index contributed by atoms with van der Waals surface area (Å²) in [5, 5.41) is 27.9. The van der Waals surface area contributed by atoms with Crippen LogP contribution in [0.2, 0.25) is 0 Å². The second-order valence-electron chi connectivity index (χ2n) is 4.20. The van der Waals surface area contributed by atoms with Gasteiger partial charge in [-0.3, -0.25) is 19.7 Å². The highest BCUT2D eigenvalue weighted by Crippen LogP contribution is 2.16. The molecule has 0 radical (unpaired) electrons. The van der Waals surface area contributed by atoms with Gasteiger partial charge in [-0.05, 0) is 18.6 Å². The molecule has 0 bridgehead atoms. The van der Waals surface area contributed by atoms with Crippen LogP contribution in [0.5, 0.6) is 0 Å². The molecule has 3 N–H and O–H groups in total. The van der Waals surface area contributed by atoms with Gasteiger partial charge in [-0.1, -0.05) is 0 Å². The van der Waals surface area contributed by atoms with Crippen LogP contribution in [0.4, 0.5) is 5.69 Å². The fourth-order valence-corrected chi connectivity index (χ4v) is 2.73. The highest BCUT2D eigenvalue weighted by molar-refractivity contribution is 7.89.